The topological polar surface area (TPSA) is 41.9 Å². The van der Waals surface area contributed by atoms with Gasteiger partial charge in [-0.25, -0.2) is 0 Å². The number of aromatic nitrogens is 2. The molecule has 0 aromatic carbocycles. The molecule has 1 aliphatic rings. The van der Waals surface area contributed by atoms with Gasteiger partial charge < -0.3 is 10.6 Å². The van der Waals surface area contributed by atoms with Crippen LogP contribution in [0.3, 0.4) is 0 Å². The highest BCUT2D eigenvalue weighted by Crippen LogP contribution is 2.12. The number of nitrogens with one attached hydrogen (secondary N) is 2. The average Bonchev–Trinajstić information content (AvgIpc) is 2.72. The largest absolute Gasteiger partial charge is 0.314 e. The van der Waals surface area contributed by atoms with Crippen LogP contribution in [0.4, 0.5) is 0 Å². The molecule has 0 amide bonds. The first-order valence-corrected chi connectivity index (χ1v) is 7.71. The van der Waals surface area contributed by atoms with E-state index in [9.17, 15) is 0 Å². The van der Waals surface area contributed by atoms with Gasteiger partial charge in [-0.15, -0.1) is 0 Å². The second-order valence-electron chi connectivity index (χ2n) is 5.93. The summed E-state index contributed by atoms with van der Waals surface area (Å²) >= 11 is 0. The van der Waals surface area contributed by atoms with Crippen LogP contribution in [0, 0.1) is 0 Å². The lowest BCUT2D eigenvalue weighted by atomic mass is 10.0. The van der Waals surface area contributed by atoms with Crippen LogP contribution in [0.1, 0.15) is 46.0 Å². The maximum absolute atomic E-state index is 4.26. The van der Waals surface area contributed by atoms with Gasteiger partial charge in [0.25, 0.3) is 0 Å². The predicted molar refractivity (Wildman–Crippen MR) is 79.2 cm³/mol. The molecular formula is C15H28N4. The molecule has 0 aliphatic carbocycles. The molecule has 1 fully saturated rings. The van der Waals surface area contributed by atoms with E-state index in [1.54, 1.807) is 0 Å². The summed E-state index contributed by atoms with van der Waals surface area (Å²) in [5.74, 6) is 0. The van der Waals surface area contributed by atoms with Crippen LogP contribution in [0.5, 0.6) is 0 Å². The van der Waals surface area contributed by atoms with Crippen molar-refractivity contribution >= 4 is 0 Å². The zero-order valence-electron chi connectivity index (χ0n) is 12.3. The lowest BCUT2D eigenvalue weighted by Gasteiger charge is -2.24. The molecule has 0 radical (unpaired) electrons. The molecule has 1 aliphatic heterocycles. The van der Waals surface area contributed by atoms with Crippen molar-refractivity contribution in [3.63, 3.8) is 0 Å². The third kappa shape index (κ3) is 5.33. The van der Waals surface area contributed by atoms with Crippen molar-refractivity contribution in [2.45, 2.75) is 70.6 Å². The Morgan fingerprint density at radius 2 is 2.21 bits per heavy atom. The SMILES string of the molecule is CC(CC1CCCCCN1)NC(C)Cn1cccn1. The van der Waals surface area contributed by atoms with E-state index in [2.05, 4.69) is 29.6 Å². The maximum atomic E-state index is 4.26. The standard InChI is InChI=1S/C15H28N4/c1-13(11-15-7-4-3-5-8-16-15)18-14(2)12-19-10-6-9-17-19/h6,9-10,13-16,18H,3-5,7-8,11-12H2,1-2H3. The van der Waals surface area contributed by atoms with E-state index in [0.717, 1.165) is 6.54 Å². The lowest BCUT2D eigenvalue weighted by Crippen LogP contribution is -2.42. The molecule has 1 saturated heterocycles. The maximum Gasteiger partial charge on any atom is 0.0560 e. The minimum absolute atomic E-state index is 0.459. The number of hydrogen-bond donors (Lipinski definition) is 2. The lowest BCUT2D eigenvalue weighted by molar-refractivity contribution is 0.354. The Balaban J connectivity index is 1.69. The molecular weight excluding hydrogens is 236 g/mol. The smallest absolute Gasteiger partial charge is 0.0560 e. The molecule has 3 unspecified atom stereocenters. The van der Waals surface area contributed by atoms with Crippen LogP contribution in [0.15, 0.2) is 18.5 Å². The second kappa shape index (κ2) is 7.65. The number of rotatable bonds is 6. The molecule has 0 bridgehead atoms. The minimum Gasteiger partial charge on any atom is -0.314 e. The monoisotopic (exact) mass is 264 g/mol. The van der Waals surface area contributed by atoms with Gasteiger partial charge in [0.15, 0.2) is 0 Å². The normalized spacial score (nSPS) is 23.8. The highest BCUT2D eigenvalue weighted by atomic mass is 15.3. The van der Waals surface area contributed by atoms with Gasteiger partial charge in [0, 0.05) is 30.5 Å². The average molecular weight is 264 g/mol. The Morgan fingerprint density at radius 3 is 3.00 bits per heavy atom. The summed E-state index contributed by atoms with van der Waals surface area (Å²) in [6.07, 6.45) is 10.5. The van der Waals surface area contributed by atoms with E-state index < -0.39 is 0 Å². The summed E-state index contributed by atoms with van der Waals surface area (Å²) in [6, 6.07) is 3.69. The highest BCUT2D eigenvalue weighted by molar-refractivity contribution is 4.81. The van der Waals surface area contributed by atoms with Gasteiger partial charge in [0.2, 0.25) is 0 Å². The van der Waals surface area contributed by atoms with Crippen molar-refractivity contribution in [3.05, 3.63) is 18.5 Å². The molecule has 2 rings (SSSR count). The van der Waals surface area contributed by atoms with Crippen molar-refractivity contribution < 1.29 is 0 Å². The van der Waals surface area contributed by atoms with Crippen molar-refractivity contribution in [1.29, 1.82) is 0 Å². The van der Waals surface area contributed by atoms with Crippen molar-refractivity contribution in [2.24, 2.45) is 0 Å². The molecule has 0 spiro atoms. The fourth-order valence-electron chi connectivity index (χ4n) is 3.02. The quantitative estimate of drug-likeness (QED) is 0.827. The highest BCUT2D eigenvalue weighted by Gasteiger charge is 2.16. The van der Waals surface area contributed by atoms with E-state index >= 15 is 0 Å². The molecule has 108 valence electrons. The summed E-state index contributed by atoms with van der Waals surface area (Å²) in [5, 5.41) is 11.6. The molecule has 19 heavy (non-hydrogen) atoms. The fraction of sp³-hybridized carbons (Fsp3) is 0.800. The Hall–Kier alpha value is -0.870. The molecule has 2 N–H and O–H groups in total. The molecule has 3 atom stereocenters. The Morgan fingerprint density at radius 1 is 1.32 bits per heavy atom. The first-order chi connectivity index (χ1) is 9.24. The summed E-state index contributed by atoms with van der Waals surface area (Å²) in [5.41, 5.74) is 0. The minimum atomic E-state index is 0.459. The zero-order valence-corrected chi connectivity index (χ0v) is 12.3. The van der Waals surface area contributed by atoms with E-state index in [4.69, 9.17) is 0 Å². The van der Waals surface area contributed by atoms with E-state index in [0.29, 0.717) is 18.1 Å². The summed E-state index contributed by atoms with van der Waals surface area (Å²) < 4.78 is 1.99. The summed E-state index contributed by atoms with van der Waals surface area (Å²) in [7, 11) is 0. The van der Waals surface area contributed by atoms with Crippen LogP contribution in [0.2, 0.25) is 0 Å². The van der Waals surface area contributed by atoms with E-state index in [1.807, 2.05) is 23.1 Å². The molecule has 4 heteroatoms. The molecule has 0 saturated carbocycles. The van der Waals surface area contributed by atoms with Crippen molar-refractivity contribution in [2.75, 3.05) is 6.54 Å². The second-order valence-corrected chi connectivity index (χ2v) is 5.93. The van der Waals surface area contributed by atoms with Gasteiger partial charge in [-0.1, -0.05) is 12.8 Å². The predicted octanol–water partition coefficient (Wildman–Crippen LogP) is 2.17. The molecule has 2 heterocycles. The number of nitrogens with zero attached hydrogens (tertiary/aromatic N) is 2. The Labute approximate surface area is 117 Å². The summed E-state index contributed by atoms with van der Waals surface area (Å²) in [4.78, 5) is 0. The molecule has 1 aromatic heterocycles. The first kappa shape index (κ1) is 14.5. The molecule has 1 aromatic rings. The number of hydrogen-bond acceptors (Lipinski definition) is 3. The van der Waals surface area contributed by atoms with Crippen LogP contribution in [-0.4, -0.2) is 34.5 Å². The summed E-state index contributed by atoms with van der Waals surface area (Å²) in [6.45, 7) is 6.67. The molecule has 4 nitrogen and oxygen atoms in total. The first-order valence-electron chi connectivity index (χ1n) is 7.71. The van der Waals surface area contributed by atoms with Crippen LogP contribution in [-0.2, 0) is 6.54 Å². The third-order valence-electron chi connectivity index (χ3n) is 3.89. The van der Waals surface area contributed by atoms with Gasteiger partial charge in [-0.2, -0.15) is 5.10 Å². The van der Waals surface area contributed by atoms with E-state index in [1.165, 1.54) is 38.6 Å². The van der Waals surface area contributed by atoms with Gasteiger partial charge in [-0.3, -0.25) is 4.68 Å². The van der Waals surface area contributed by atoms with Crippen molar-refractivity contribution in [1.82, 2.24) is 20.4 Å². The van der Waals surface area contributed by atoms with Gasteiger partial charge in [0.05, 0.1) is 6.54 Å². The van der Waals surface area contributed by atoms with Crippen molar-refractivity contribution in [3.8, 4) is 0 Å². The van der Waals surface area contributed by atoms with Gasteiger partial charge in [0.1, 0.15) is 0 Å². The van der Waals surface area contributed by atoms with Gasteiger partial charge >= 0.3 is 0 Å². The fourth-order valence-corrected chi connectivity index (χ4v) is 3.02. The van der Waals surface area contributed by atoms with Crippen LogP contribution >= 0.6 is 0 Å². The van der Waals surface area contributed by atoms with Crippen LogP contribution in [0.25, 0.3) is 0 Å². The zero-order chi connectivity index (χ0) is 13.5. The van der Waals surface area contributed by atoms with Gasteiger partial charge in [-0.05, 0) is 45.7 Å². The Bertz CT molecular complexity index is 328. The third-order valence-corrected chi connectivity index (χ3v) is 3.89. The van der Waals surface area contributed by atoms with E-state index in [-0.39, 0.29) is 0 Å². The Kier molecular flexibility index (Phi) is 5.86. The van der Waals surface area contributed by atoms with Crippen LogP contribution < -0.4 is 10.6 Å².